The van der Waals surface area contributed by atoms with Gasteiger partial charge in [0.05, 0.1) is 12.2 Å². The Kier molecular flexibility index (Phi) is 5.62. The zero-order valence-electron chi connectivity index (χ0n) is 10.2. The van der Waals surface area contributed by atoms with E-state index < -0.39 is 0 Å². The van der Waals surface area contributed by atoms with Gasteiger partial charge in [0, 0.05) is 6.42 Å². The Hall–Kier alpha value is -1.31. The van der Waals surface area contributed by atoms with Crippen LogP contribution in [0, 0.1) is 0 Å². The van der Waals surface area contributed by atoms with Crippen LogP contribution in [0.3, 0.4) is 0 Å². The van der Waals surface area contributed by atoms with Crippen LogP contribution in [-0.4, -0.2) is 12.4 Å². The number of unbranched alkanes of at least 4 members (excludes halogenated alkanes) is 1. The molecule has 0 saturated heterocycles. The van der Waals surface area contributed by atoms with Crippen molar-refractivity contribution in [1.82, 2.24) is 0 Å². The standard InChI is InChI=1S/C14H20O2/c1-3-5-9-13(15)12-8-6-7-10-14(12)16-11-4-2/h6-8,10H,3-5,9,11H2,1-2H3. The second kappa shape index (κ2) is 7.04. The monoisotopic (exact) mass is 220 g/mol. The number of ether oxygens (including phenoxy) is 1. The van der Waals surface area contributed by atoms with Gasteiger partial charge < -0.3 is 4.74 Å². The summed E-state index contributed by atoms with van der Waals surface area (Å²) in [5.41, 5.74) is 0.726. The molecule has 0 aromatic heterocycles. The molecule has 2 nitrogen and oxygen atoms in total. The molecular formula is C14H20O2. The van der Waals surface area contributed by atoms with E-state index in [2.05, 4.69) is 13.8 Å². The molecule has 0 atom stereocenters. The third-order valence-corrected chi connectivity index (χ3v) is 2.41. The van der Waals surface area contributed by atoms with Gasteiger partial charge in [-0.1, -0.05) is 32.4 Å². The average molecular weight is 220 g/mol. The van der Waals surface area contributed by atoms with Crippen LogP contribution in [0.1, 0.15) is 49.9 Å². The number of hydrogen-bond donors (Lipinski definition) is 0. The third-order valence-electron chi connectivity index (χ3n) is 2.41. The minimum atomic E-state index is 0.188. The molecule has 88 valence electrons. The van der Waals surface area contributed by atoms with Gasteiger partial charge in [0.15, 0.2) is 5.78 Å². The Morgan fingerprint density at radius 1 is 1.19 bits per heavy atom. The first kappa shape index (κ1) is 12.8. The second-order valence-electron chi connectivity index (χ2n) is 3.87. The van der Waals surface area contributed by atoms with Gasteiger partial charge in [0.25, 0.3) is 0 Å². The smallest absolute Gasteiger partial charge is 0.166 e. The molecule has 1 aromatic carbocycles. The number of carbonyl (C=O) groups excluding carboxylic acids is 1. The summed E-state index contributed by atoms with van der Waals surface area (Å²) in [6.07, 6.45) is 3.56. The van der Waals surface area contributed by atoms with Crippen LogP contribution in [0.15, 0.2) is 24.3 Å². The highest BCUT2D eigenvalue weighted by Crippen LogP contribution is 2.20. The van der Waals surface area contributed by atoms with Crippen molar-refractivity contribution < 1.29 is 9.53 Å². The van der Waals surface area contributed by atoms with E-state index in [1.165, 1.54) is 0 Å². The summed E-state index contributed by atoms with van der Waals surface area (Å²) in [5.74, 6) is 0.916. The zero-order chi connectivity index (χ0) is 11.8. The van der Waals surface area contributed by atoms with E-state index >= 15 is 0 Å². The van der Waals surface area contributed by atoms with Crippen LogP contribution in [0.5, 0.6) is 5.75 Å². The number of ketones is 1. The number of hydrogen-bond acceptors (Lipinski definition) is 2. The van der Waals surface area contributed by atoms with Crippen molar-refractivity contribution >= 4 is 5.78 Å². The Morgan fingerprint density at radius 3 is 2.62 bits per heavy atom. The maximum atomic E-state index is 11.9. The fraction of sp³-hybridized carbons (Fsp3) is 0.500. The third kappa shape index (κ3) is 3.69. The van der Waals surface area contributed by atoms with E-state index in [0.717, 1.165) is 30.6 Å². The maximum absolute atomic E-state index is 11.9. The van der Waals surface area contributed by atoms with E-state index in [1.807, 2.05) is 24.3 Å². The molecule has 0 heterocycles. The Balaban J connectivity index is 2.73. The lowest BCUT2D eigenvalue weighted by molar-refractivity contribution is 0.0976. The number of para-hydroxylation sites is 1. The van der Waals surface area contributed by atoms with Gasteiger partial charge in [-0.05, 0) is 25.0 Å². The van der Waals surface area contributed by atoms with Gasteiger partial charge >= 0.3 is 0 Å². The predicted molar refractivity (Wildman–Crippen MR) is 66.1 cm³/mol. The topological polar surface area (TPSA) is 26.3 Å². The number of Topliss-reactive ketones (excluding diaryl/α,β-unsaturated/α-hetero) is 1. The molecule has 1 rings (SSSR count). The fourth-order valence-electron chi connectivity index (χ4n) is 1.51. The van der Waals surface area contributed by atoms with Crippen molar-refractivity contribution in [1.29, 1.82) is 0 Å². The minimum Gasteiger partial charge on any atom is -0.493 e. The Morgan fingerprint density at radius 2 is 1.94 bits per heavy atom. The van der Waals surface area contributed by atoms with Crippen LogP contribution in [0.2, 0.25) is 0 Å². The minimum absolute atomic E-state index is 0.188. The lowest BCUT2D eigenvalue weighted by Gasteiger charge is -2.09. The lowest BCUT2D eigenvalue weighted by atomic mass is 10.0. The number of rotatable bonds is 7. The highest BCUT2D eigenvalue weighted by Gasteiger charge is 2.10. The summed E-state index contributed by atoms with van der Waals surface area (Å²) in [4.78, 5) is 11.9. The SMILES string of the molecule is CCCCC(=O)c1ccccc1OCCC. The van der Waals surface area contributed by atoms with Crippen LogP contribution < -0.4 is 4.74 Å². The number of benzene rings is 1. The summed E-state index contributed by atoms with van der Waals surface area (Å²) in [6, 6.07) is 7.51. The Labute approximate surface area is 97.6 Å². The first-order valence-corrected chi connectivity index (χ1v) is 6.04. The first-order valence-electron chi connectivity index (χ1n) is 6.04. The summed E-state index contributed by atoms with van der Waals surface area (Å²) in [6.45, 7) is 4.81. The molecule has 0 radical (unpaired) electrons. The fourth-order valence-corrected chi connectivity index (χ4v) is 1.51. The molecule has 0 bridgehead atoms. The van der Waals surface area contributed by atoms with E-state index in [0.29, 0.717) is 13.0 Å². The summed E-state index contributed by atoms with van der Waals surface area (Å²) in [5, 5.41) is 0. The molecule has 0 N–H and O–H groups in total. The average Bonchev–Trinajstić information content (AvgIpc) is 2.33. The summed E-state index contributed by atoms with van der Waals surface area (Å²) < 4.78 is 5.57. The molecule has 16 heavy (non-hydrogen) atoms. The van der Waals surface area contributed by atoms with E-state index in [4.69, 9.17) is 4.74 Å². The second-order valence-corrected chi connectivity index (χ2v) is 3.87. The molecule has 0 aliphatic carbocycles. The number of carbonyl (C=O) groups is 1. The predicted octanol–water partition coefficient (Wildman–Crippen LogP) is 3.85. The summed E-state index contributed by atoms with van der Waals surface area (Å²) in [7, 11) is 0. The van der Waals surface area contributed by atoms with Gasteiger partial charge in [-0.2, -0.15) is 0 Å². The zero-order valence-corrected chi connectivity index (χ0v) is 10.2. The largest absolute Gasteiger partial charge is 0.493 e. The van der Waals surface area contributed by atoms with Gasteiger partial charge in [0.1, 0.15) is 5.75 Å². The molecule has 0 amide bonds. The van der Waals surface area contributed by atoms with Crippen molar-refractivity contribution in [3.8, 4) is 5.75 Å². The van der Waals surface area contributed by atoms with Crippen LogP contribution in [0.4, 0.5) is 0 Å². The van der Waals surface area contributed by atoms with Gasteiger partial charge in [-0.3, -0.25) is 4.79 Å². The highest BCUT2D eigenvalue weighted by molar-refractivity contribution is 5.98. The molecule has 0 fully saturated rings. The molecule has 0 aliphatic heterocycles. The first-order chi connectivity index (χ1) is 7.79. The van der Waals surface area contributed by atoms with Crippen molar-refractivity contribution in [3.63, 3.8) is 0 Å². The molecule has 1 aromatic rings. The van der Waals surface area contributed by atoms with Crippen molar-refractivity contribution in [2.24, 2.45) is 0 Å². The van der Waals surface area contributed by atoms with Gasteiger partial charge in [-0.25, -0.2) is 0 Å². The molecule has 0 saturated carbocycles. The molecule has 2 heteroatoms. The van der Waals surface area contributed by atoms with Crippen LogP contribution in [0.25, 0.3) is 0 Å². The summed E-state index contributed by atoms with van der Waals surface area (Å²) >= 11 is 0. The van der Waals surface area contributed by atoms with Gasteiger partial charge in [-0.15, -0.1) is 0 Å². The van der Waals surface area contributed by atoms with E-state index in [1.54, 1.807) is 0 Å². The molecule has 0 unspecified atom stereocenters. The van der Waals surface area contributed by atoms with Crippen molar-refractivity contribution in [2.45, 2.75) is 39.5 Å². The lowest BCUT2D eigenvalue weighted by Crippen LogP contribution is -2.04. The van der Waals surface area contributed by atoms with Crippen LogP contribution in [-0.2, 0) is 0 Å². The maximum Gasteiger partial charge on any atom is 0.166 e. The normalized spacial score (nSPS) is 10.1. The van der Waals surface area contributed by atoms with Gasteiger partial charge in [0.2, 0.25) is 0 Å². The van der Waals surface area contributed by atoms with E-state index in [-0.39, 0.29) is 5.78 Å². The van der Waals surface area contributed by atoms with Crippen LogP contribution >= 0.6 is 0 Å². The molecule has 0 aliphatic rings. The van der Waals surface area contributed by atoms with E-state index in [9.17, 15) is 4.79 Å². The molecular weight excluding hydrogens is 200 g/mol. The Bertz CT molecular complexity index is 331. The highest BCUT2D eigenvalue weighted by atomic mass is 16.5. The van der Waals surface area contributed by atoms with Crippen molar-refractivity contribution in [2.75, 3.05) is 6.61 Å². The molecule has 0 spiro atoms. The van der Waals surface area contributed by atoms with Crippen molar-refractivity contribution in [3.05, 3.63) is 29.8 Å². The quantitative estimate of drug-likeness (QED) is 0.652.